The number of piperidine rings is 1. The number of thioether (sulfide) groups is 1. The van der Waals surface area contributed by atoms with E-state index < -0.39 is 10.0 Å². The summed E-state index contributed by atoms with van der Waals surface area (Å²) in [4.78, 5) is 17.3. The van der Waals surface area contributed by atoms with E-state index in [1.807, 2.05) is 37.3 Å². The molecule has 0 bridgehead atoms. The molecule has 1 saturated heterocycles. The Morgan fingerprint density at radius 1 is 1.20 bits per heavy atom. The number of ether oxygens (including phenoxy) is 1. The summed E-state index contributed by atoms with van der Waals surface area (Å²) >= 11 is 1.46. The van der Waals surface area contributed by atoms with E-state index in [0.717, 1.165) is 11.1 Å². The summed E-state index contributed by atoms with van der Waals surface area (Å²) in [6, 6.07) is 14.6. The van der Waals surface area contributed by atoms with E-state index >= 15 is 0 Å². The molecule has 2 heterocycles. The fourth-order valence-corrected chi connectivity index (χ4v) is 6.22. The highest BCUT2D eigenvalue weighted by Crippen LogP contribution is 2.27. The molecule has 0 unspecified atom stereocenters. The van der Waals surface area contributed by atoms with E-state index in [0.29, 0.717) is 55.0 Å². The highest BCUT2D eigenvalue weighted by Gasteiger charge is 2.32. The van der Waals surface area contributed by atoms with Crippen LogP contribution in [0.4, 0.5) is 0 Å². The normalized spacial score (nSPS) is 15.1. The van der Waals surface area contributed by atoms with Gasteiger partial charge in [-0.2, -0.15) is 4.31 Å². The molecule has 35 heavy (non-hydrogen) atoms. The standard InChI is InChI=1S/C24H29N5O4S2/c1-17-16-20(8-9-21(17)33-2)35(31,32)29-13-10-19(11-14-29)23(30)25-12-15-34-24-26-22(27-28-24)18-6-4-3-5-7-18/h3-9,16,19H,10-15H2,1-2H3,(H,25,30)(H,26,27,28). The Morgan fingerprint density at radius 2 is 1.94 bits per heavy atom. The topological polar surface area (TPSA) is 117 Å². The Morgan fingerprint density at radius 3 is 2.63 bits per heavy atom. The van der Waals surface area contributed by atoms with Gasteiger partial charge in [0.2, 0.25) is 21.1 Å². The summed E-state index contributed by atoms with van der Waals surface area (Å²) in [5.74, 6) is 1.77. The van der Waals surface area contributed by atoms with Crippen LogP contribution in [0, 0.1) is 12.8 Å². The smallest absolute Gasteiger partial charge is 0.243 e. The zero-order valence-electron chi connectivity index (χ0n) is 19.7. The van der Waals surface area contributed by atoms with Crippen LogP contribution >= 0.6 is 11.8 Å². The minimum atomic E-state index is -3.60. The van der Waals surface area contributed by atoms with Gasteiger partial charge in [0.15, 0.2) is 5.82 Å². The molecule has 0 atom stereocenters. The average molecular weight is 516 g/mol. The van der Waals surface area contributed by atoms with Crippen LogP contribution in [-0.2, 0) is 14.8 Å². The van der Waals surface area contributed by atoms with Crippen LogP contribution in [0.25, 0.3) is 11.4 Å². The Labute approximate surface area is 209 Å². The summed E-state index contributed by atoms with van der Waals surface area (Å²) in [6.45, 7) is 2.94. The van der Waals surface area contributed by atoms with Gasteiger partial charge in [0.05, 0.1) is 12.0 Å². The van der Waals surface area contributed by atoms with Gasteiger partial charge >= 0.3 is 0 Å². The lowest BCUT2D eigenvalue weighted by Gasteiger charge is -2.30. The lowest BCUT2D eigenvalue weighted by atomic mass is 9.97. The molecule has 0 radical (unpaired) electrons. The number of carbonyl (C=O) groups is 1. The van der Waals surface area contributed by atoms with Crippen LogP contribution in [0.3, 0.4) is 0 Å². The fraction of sp³-hybridized carbons (Fsp3) is 0.375. The Kier molecular flexibility index (Phi) is 8.09. The summed E-state index contributed by atoms with van der Waals surface area (Å²) in [6.07, 6.45) is 0.989. The van der Waals surface area contributed by atoms with Crippen molar-refractivity contribution in [2.75, 3.05) is 32.5 Å². The molecule has 1 fully saturated rings. The van der Waals surface area contributed by atoms with E-state index in [-0.39, 0.29) is 16.7 Å². The first-order valence-electron chi connectivity index (χ1n) is 11.4. The number of aromatic amines is 1. The predicted molar refractivity (Wildman–Crippen MR) is 135 cm³/mol. The van der Waals surface area contributed by atoms with E-state index in [9.17, 15) is 13.2 Å². The van der Waals surface area contributed by atoms with Crippen molar-refractivity contribution in [1.29, 1.82) is 0 Å². The maximum absolute atomic E-state index is 13.0. The third-order valence-corrected chi connectivity index (χ3v) is 8.72. The van der Waals surface area contributed by atoms with Crippen molar-refractivity contribution in [3.05, 3.63) is 54.1 Å². The molecule has 0 spiro atoms. The lowest BCUT2D eigenvalue weighted by molar-refractivity contribution is -0.125. The van der Waals surface area contributed by atoms with Crippen molar-refractivity contribution in [2.45, 2.75) is 29.8 Å². The third kappa shape index (κ3) is 6.03. The Hall–Kier alpha value is -2.89. The number of nitrogens with one attached hydrogen (secondary N) is 2. The number of aryl methyl sites for hydroxylation is 1. The molecule has 2 N–H and O–H groups in total. The van der Waals surface area contributed by atoms with Crippen molar-refractivity contribution in [3.8, 4) is 17.1 Å². The molecule has 2 aromatic carbocycles. The van der Waals surface area contributed by atoms with Crippen molar-refractivity contribution < 1.29 is 17.9 Å². The maximum atomic E-state index is 13.0. The average Bonchev–Trinajstić information content (AvgIpc) is 3.36. The van der Waals surface area contributed by atoms with Gasteiger partial charge in [-0.3, -0.25) is 9.89 Å². The van der Waals surface area contributed by atoms with Gasteiger partial charge in [0, 0.05) is 36.9 Å². The monoisotopic (exact) mass is 515 g/mol. The molecule has 1 aliphatic rings. The third-order valence-electron chi connectivity index (χ3n) is 5.97. The minimum absolute atomic E-state index is 0.0390. The second-order valence-corrected chi connectivity index (χ2v) is 11.3. The first-order chi connectivity index (χ1) is 16.9. The number of aromatic nitrogens is 3. The van der Waals surface area contributed by atoms with Gasteiger partial charge < -0.3 is 10.1 Å². The van der Waals surface area contributed by atoms with Gasteiger partial charge in [-0.15, -0.1) is 5.10 Å². The van der Waals surface area contributed by atoms with E-state index in [4.69, 9.17) is 4.74 Å². The first kappa shape index (κ1) is 25.2. The SMILES string of the molecule is COc1ccc(S(=O)(=O)N2CCC(C(=O)NCCSc3n[nH]c(-c4ccccc4)n3)CC2)cc1C. The molecule has 1 aliphatic heterocycles. The number of benzene rings is 2. The highest BCUT2D eigenvalue weighted by atomic mass is 32.2. The maximum Gasteiger partial charge on any atom is 0.243 e. The van der Waals surface area contributed by atoms with Gasteiger partial charge in [0.1, 0.15) is 5.75 Å². The number of methoxy groups -OCH3 is 1. The largest absolute Gasteiger partial charge is 0.496 e. The van der Waals surface area contributed by atoms with Crippen molar-refractivity contribution in [1.82, 2.24) is 24.8 Å². The molecule has 0 aliphatic carbocycles. The van der Waals surface area contributed by atoms with Crippen LogP contribution in [0.15, 0.2) is 58.6 Å². The van der Waals surface area contributed by atoms with Crippen LogP contribution < -0.4 is 10.1 Å². The summed E-state index contributed by atoms with van der Waals surface area (Å²) in [5, 5.41) is 10.7. The van der Waals surface area contributed by atoms with Crippen LogP contribution in [0.2, 0.25) is 0 Å². The molecule has 11 heteroatoms. The van der Waals surface area contributed by atoms with E-state index in [1.165, 1.54) is 16.1 Å². The van der Waals surface area contributed by atoms with Crippen molar-refractivity contribution in [2.24, 2.45) is 5.92 Å². The quantitative estimate of drug-likeness (QED) is 0.332. The second-order valence-electron chi connectivity index (χ2n) is 8.28. The summed E-state index contributed by atoms with van der Waals surface area (Å²) in [5.41, 5.74) is 1.73. The number of hydrogen-bond acceptors (Lipinski definition) is 7. The summed E-state index contributed by atoms with van der Waals surface area (Å²) < 4.78 is 32.7. The van der Waals surface area contributed by atoms with E-state index in [2.05, 4.69) is 20.5 Å². The molecule has 4 rings (SSSR count). The van der Waals surface area contributed by atoms with Crippen LogP contribution in [0.5, 0.6) is 5.75 Å². The molecule has 3 aromatic rings. The zero-order valence-corrected chi connectivity index (χ0v) is 21.4. The predicted octanol–water partition coefficient (Wildman–Crippen LogP) is 3.10. The number of H-pyrrole nitrogens is 1. The summed E-state index contributed by atoms with van der Waals surface area (Å²) in [7, 11) is -2.05. The van der Waals surface area contributed by atoms with Crippen LogP contribution in [0.1, 0.15) is 18.4 Å². The molecule has 186 valence electrons. The zero-order chi connectivity index (χ0) is 24.8. The van der Waals surface area contributed by atoms with Gasteiger partial charge in [-0.05, 0) is 43.5 Å². The first-order valence-corrected chi connectivity index (χ1v) is 13.8. The molecule has 0 saturated carbocycles. The van der Waals surface area contributed by atoms with Gasteiger partial charge in [-0.1, -0.05) is 42.1 Å². The van der Waals surface area contributed by atoms with Gasteiger partial charge in [-0.25, -0.2) is 13.4 Å². The van der Waals surface area contributed by atoms with Crippen molar-refractivity contribution >= 4 is 27.7 Å². The van der Waals surface area contributed by atoms with Crippen molar-refractivity contribution in [3.63, 3.8) is 0 Å². The molecule has 9 nitrogen and oxygen atoms in total. The number of rotatable bonds is 9. The number of sulfonamides is 1. The molecular formula is C24H29N5O4S2. The Bertz CT molecular complexity index is 1260. The van der Waals surface area contributed by atoms with Crippen LogP contribution in [-0.4, -0.2) is 66.3 Å². The second kappa shape index (κ2) is 11.2. The number of nitrogens with zero attached hydrogens (tertiary/aromatic N) is 3. The fourth-order valence-electron chi connectivity index (χ4n) is 4.02. The number of hydrogen-bond donors (Lipinski definition) is 2. The molecule has 1 amide bonds. The number of carbonyl (C=O) groups excluding carboxylic acids is 1. The molecular weight excluding hydrogens is 486 g/mol. The van der Waals surface area contributed by atoms with E-state index in [1.54, 1.807) is 25.3 Å². The minimum Gasteiger partial charge on any atom is -0.496 e. The number of amides is 1. The molecule has 1 aromatic heterocycles. The lowest BCUT2D eigenvalue weighted by Crippen LogP contribution is -2.43. The Balaban J connectivity index is 1.22. The highest BCUT2D eigenvalue weighted by molar-refractivity contribution is 7.99. The van der Waals surface area contributed by atoms with Gasteiger partial charge in [0.25, 0.3) is 0 Å².